The van der Waals surface area contributed by atoms with Crippen LogP contribution in [0, 0.1) is 0 Å². The van der Waals surface area contributed by atoms with Gasteiger partial charge in [0.15, 0.2) is 0 Å². The third-order valence-corrected chi connectivity index (χ3v) is 3.19. The first-order valence-electron chi connectivity index (χ1n) is 6.26. The number of aromatic nitrogens is 4. The summed E-state index contributed by atoms with van der Waals surface area (Å²) in [7, 11) is 0. The minimum absolute atomic E-state index is 0.0258. The van der Waals surface area contributed by atoms with Crippen molar-refractivity contribution in [1.82, 2.24) is 20.3 Å². The normalized spacial score (nSPS) is 11.2. The van der Waals surface area contributed by atoms with E-state index in [1.165, 1.54) is 18.3 Å². The van der Waals surface area contributed by atoms with Gasteiger partial charge in [0.1, 0.15) is 11.5 Å². The van der Waals surface area contributed by atoms with Crippen LogP contribution in [0.2, 0.25) is 5.02 Å². The molecule has 3 aromatic rings. The summed E-state index contributed by atoms with van der Waals surface area (Å²) in [6, 6.07) is 7.92. The predicted molar refractivity (Wildman–Crippen MR) is 81.3 cm³/mol. The molecule has 0 aliphatic carbocycles. The Kier molecular flexibility index (Phi) is 3.77. The number of furan rings is 1. The minimum Gasteiger partial charge on any atom is -0.478 e. The molecular formula is C13H9ClN6O3. The highest BCUT2D eigenvalue weighted by atomic mass is 35.5. The van der Waals surface area contributed by atoms with Crippen molar-refractivity contribution >= 4 is 29.7 Å². The van der Waals surface area contributed by atoms with E-state index < -0.39 is 5.97 Å². The molecule has 0 saturated heterocycles. The number of carboxylic acid groups (broad SMARTS) is 1. The molecule has 3 N–H and O–H groups in total. The van der Waals surface area contributed by atoms with E-state index in [1.54, 1.807) is 18.2 Å². The molecule has 0 aliphatic heterocycles. The van der Waals surface area contributed by atoms with Crippen LogP contribution in [0.5, 0.6) is 0 Å². The first-order valence-corrected chi connectivity index (χ1v) is 6.63. The number of halogens is 1. The topological polar surface area (TPSA) is 132 Å². The van der Waals surface area contributed by atoms with Crippen LogP contribution >= 0.6 is 11.6 Å². The fourth-order valence-corrected chi connectivity index (χ4v) is 2.06. The van der Waals surface area contributed by atoms with Gasteiger partial charge in [0, 0.05) is 5.56 Å². The molecule has 1 aromatic carbocycles. The molecule has 9 nitrogen and oxygen atoms in total. The molecule has 2 heterocycles. The Balaban J connectivity index is 1.85. The molecule has 2 aromatic heterocycles. The number of hydrogen-bond donors (Lipinski definition) is 2. The average Bonchev–Trinajstić information content (AvgIpc) is 3.13. The second kappa shape index (κ2) is 5.89. The van der Waals surface area contributed by atoms with Crippen molar-refractivity contribution in [3.05, 3.63) is 46.7 Å². The molecule has 10 heteroatoms. The van der Waals surface area contributed by atoms with Crippen molar-refractivity contribution in [2.75, 3.05) is 5.73 Å². The van der Waals surface area contributed by atoms with Gasteiger partial charge in [-0.1, -0.05) is 27.6 Å². The molecule has 0 spiro atoms. The van der Waals surface area contributed by atoms with Crippen LogP contribution in [0.25, 0.3) is 11.3 Å². The molecule has 116 valence electrons. The fraction of sp³-hybridized carbons (Fsp3) is 0. The lowest BCUT2D eigenvalue weighted by Gasteiger charge is -2.01. The summed E-state index contributed by atoms with van der Waals surface area (Å²) in [5.74, 6) is -0.0970. The van der Waals surface area contributed by atoms with Gasteiger partial charge in [-0.3, -0.25) is 0 Å². The fourth-order valence-electron chi connectivity index (χ4n) is 1.80. The maximum atomic E-state index is 10.9. The molecule has 0 unspecified atom stereocenters. The lowest BCUT2D eigenvalue weighted by molar-refractivity contribution is 0.0697. The van der Waals surface area contributed by atoms with Crippen molar-refractivity contribution in [2.24, 2.45) is 5.10 Å². The Bertz CT molecular complexity index is 901. The van der Waals surface area contributed by atoms with Crippen molar-refractivity contribution in [1.29, 1.82) is 0 Å². The number of anilines is 1. The van der Waals surface area contributed by atoms with Gasteiger partial charge in [-0.05, 0) is 34.7 Å². The summed E-state index contributed by atoms with van der Waals surface area (Å²) in [6.45, 7) is 0. The monoisotopic (exact) mass is 332 g/mol. The van der Waals surface area contributed by atoms with Gasteiger partial charge >= 0.3 is 5.97 Å². The van der Waals surface area contributed by atoms with Crippen molar-refractivity contribution in [3.8, 4) is 11.3 Å². The van der Waals surface area contributed by atoms with Crippen LogP contribution < -0.4 is 5.73 Å². The van der Waals surface area contributed by atoms with E-state index in [2.05, 4.69) is 20.6 Å². The van der Waals surface area contributed by atoms with Crippen LogP contribution in [0.3, 0.4) is 0 Å². The lowest BCUT2D eigenvalue weighted by atomic mass is 10.1. The highest BCUT2D eigenvalue weighted by molar-refractivity contribution is 6.33. The molecule has 0 atom stereocenters. The molecule has 3 rings (SSSR count). The highest BCUT2D eigenvalue weighted by Gasteiger charge is 2.11. The second-order valence-electron chi connectivity index (χ2n) is 4.37. The molecule has 0 saturated carbocycles. The number of nitrogen functional groups attached to an aromatic ring is 1. The molecule has 0 radical (unpaired) electrons. The number of rotatable bonds is 4. The summed E-state index contributed by atoms with van der Waals surface area (Å²) in [5.41, 5.74) is 6.14. The van der Waals surface area contributed by atoms with E-state index in [1.807, 2.05) is 0 Å². The summed E-state index contributed by atoms with van der Waals surface area (Å²) in [6.07, 6.45) is 1.39. The quantitative estimate of drug-likeness (QED) is 0.695. The number of nitrogens with two attached hydrogens (primary N) is 1. The van der Waals surface area contributed by atoms with E-state index in [0.29, 0.717) is 17.1 Å². The Hall–Kier alpha value is -3.20. The number of aromatic carboxylic acids is 1. The van der Waals surface area contributed by atoms with Crippen LogP contribution in [-0.2, 0) is 0 Å². The number of benzene rings is 1. The molecule has 23 heavy (non-hydrogen) atoms. The molecule has 0 amide bonds. The summed E-state index contributed by atoms with van der Waals surface area (Å²) < 4.78 is 5.59. The molecule has 0 fully saturated rings. The van der Waals surface area contributed by atoms with Crippen molar-refractivity contribution in [3.63, 3.8) is 0 Å². The summed E-state index contributed by atoms with van der Waals surface area (Å²) in [4.78, 5) is 12.0. The third kappa shape index (κ3) is 3.04. The highest BCUT2D eigenvalue weighted by Crippen LogP contribution is 2.27. The van der Waals surface area contributed by atoms with Crippen molar-refractivity contribution < 1.29 is 14.3 Å². The predicted octanol–water partition coefficient (Wildman–Crippen LogP) is 1.75. The van der Waals surface area contributed by atoms with Gasteiger partial charge in [-0.2, -0.15) is 5.10 Å². The van der Waals surface area contributed by atoms with E-state index in [9.17, 15) is 4.79 Å². The number of carboxylic acids is 1. The van der Waals surface area contributed by atoms with Gasteiger partial charge in [0.2, 0.25) is 0 Å². The van der Waals surface area contributed by atoms with Gasteiger partial charge < -0.3 is 15.3 Å². The average molecular weight is 333 g/mol. The van der Waals surface area contributed by atoms with Crippen LogP contribution in [0.15, 0.2) is 39.9 Å². The van der Waals surface area contributed by atoms with Gasteiger partial charge in [0.25, 0.3) is 5.95 Å². The summed E-state index contributed by atoms with van der Waals surface area (Å²) in [5, 5.41) is 23.4. The Morgan fingerprint density at radius 2 is 2.22 bits per heavy atom. The van der Waals surface area contributed by atoms with Crippen molar-refractivity contribution in [2.45, 2.75) is 0 Å². The number of tetrazole rings is 1. The zero-order chi connectivity index (χ0) is 16.4. The Morgan fingerprint density at radius 3 is 2.87 bits per heavy atom. The van der Waals surface area contributed by atoms with Crippen LogP contribution in [0.1, 0.15) is 16.1 Å². The van der Waals surface area contributed by atoms with Gasteiger partial charge in [-0.15, -0.1) is 0 Å². The third-order valence-electron chi connectivity index (χ3n) is 2.88. The lowest BCUT2D eigenvalue weighted by Crippen LogP contribution is -1.99. The minimum atomic E-state index is -1.09. The summed E-state index contributed by atoms with van der Waals surface area (Å²) >= 11 is 5.94. The smallest absolute Gasteiger partial charge is 0.337 e. The molecular weight excluding hydrogens is 324 g/mol. The molecule has 0 aliphatic rings. The second-order valence-corrected chi connectivity index (χ2v) is 4.78. The molecule has 0 bridgehead atoms. The van der Waals surface area contributed by atoms with Crippen LogP contribution in [-0.4, -0.2) is 37.6 Å². The zero-order valence-electron chi connectivity index (χ0n) is 11.4. The number of hydrogen-bond acceptors (Lipinski definition) is 7. The first kappa shape index (κ1) is 14.7. The van der Waals surface area contributed by atoms with Gasteiger partial charge in [0.05, 0.1) is 16.8 Å². The van der Waals surface area contributed by atoms with E-state index in [-0.39, 0.29) is 16.5 Å². The Labute approximate surface area is 134 Å². The van der Waals surface area contributed by atoms with Crippen LogP contribution in [0.4, 0.5) is 5.95 Å². The van der Waals surface area contributed by atoms with Gasteiger partial charge in [-0.25, -0.2) is 4.79 Å². The Morgan fingerprint density at radius 1 is 1.39 bits per heavy atom. The number of nitrogens with zero attached hydrogens (tertiary/aromatic N) is 5. The standard InChI is InChI=1S/C13H9ClN6O3/c14-10-5-7(1-3-9(10)12(21)22)11-4-2-8(23-11)6-16-20-13(15)17-18-19-20/h1-6H,(H,21,22)(H2,15,17,19)/b16-6+. The SMILES string of the molecule is Nc1nnnn1/N=C/c1ccc(-c2ccc(C(=O)O)c(Cl)c2)o1. The van der Waals surface area contributed by atoms with E-state index in [0.717, 1.165) is 4.79 Å². The van der Waals surface area contributed by atoms with E-state index >= 15 is 0 Å². The largest absolute Gasteiger partial charge is 0.478 e. The first-order chi connectivity index (χ1) is 11.0. The maximum absolute atomic E-state index is 10.9. The number of carbonyl (C=O) groups is 1. The van der Waals surface area contributed by atoms with E-state index in [4.69, 9.17) is 26.9 Å². The maximum Gasteiger partial charge on any atom is 0.337 e. The zero-order valence-corrected chi connectivity index (χ0v) is 12.2.